The maximum atomic E-state index is 9.71. The molecule has 0 aliphatic rings. The van der Waals surface area contributed by atoms with Gasteiger partial charge in [0.05, 0.1) is 74.0 Å². The van der Waals surface area contributed by atoms with E-state index in [1.165, 1.54) is 0 Å². The lowest BCUT2D eigenvalue weighted by atomic mass is 9.84. The quantitative estimate of drug-likeness (QED) is 0.133. The summed E-state index contributed by atoms with van der Waals surface area (Å²) in [5.74, 6) is 0. The summed E-state index contributed by atoms with van der Waals surface area (Å²) < 4.78 is 478. The van der Waals surface area contributed by atoms with E-state index in [-0.39, 0.29) is 60.0 Å². The SMILES string of the molecule is [2H]c1c([2H])c(-c2cccc3ccccc23)c([2H])c(-c2c3c([2H])c([2H])c([2H])c([2H])c3c(-c3c([2H])c([2H])c([2H])c4c([2H])c([2H])c([2H])c([2H])c34)c3c([2H])c([2H])c([2H])c([2H])c23)c1[2H].[2H]c1cc2c(-c3c4c([2H])c([2H])c([2H])c([2H])c4c(-c4c([2H])c([2H])c5c([2H])c([2H])c([2H])c([2H])c5c4[2H])c4c([2H])c([2H])c([2H])c([2H])c34)c([2H])c([2H])c([2H])c2c([2H])c1[2H].[2H]c1cc2c(-c3c4c([2H])c([2H])c([2H])c([2H])c4c(-c4ccc(-c5ccc6ccccc6c5)cc4)c4c([2H])c([2H])c([2H])c([2H])c34)c([2H])c([2H])c([2H])c2c([2H])c1[2H]. The Balaban J connectivity index is 0.000000144. The van der Waals surface area contributed by atoms with Gasteiger partial charge in [0.15, 0.2) is 0 Å². The molecule has 0 bridgehead atoms. The third-order valence-electron chi connectivity index (χ3n) is 19.7. The molecule has 530 valence electrons. The highest BCUT2D eigenvalue weighted by molar-refractivity contribution is 6.27. The maximum absolute atomic E-state index is 9.71. The third-order valence-corrected chi connectivity index (χ3v) is 19.7. The van der Waals surface area contributed by atoms with Gasteiger partial charge in [0.1, 0.15) is 0 Å². The van der Waals surface area contributed by atoms with Gasteiger partial charge in [-0.2, -0.15) is 0 Å². The Kier molecular flexibility index (Phi) is 8.08. The van der Waals surface area contributed by atoms with Crippen LogP contribution in [0.4, 0.5) is 0 Å². The fraction of sp³-hybridized carbons (Fsp3) is 0. The zero-order chi connectivity index (χ0) is 122. The maximum Gasteiger partial charge on any atom is 0.0636 e. The Morgan fingerprint density at radius 1 is 0.132 bits per heavy atom. The number of benzene rings is 23. The normalized spacial score (nSPS) is 18.1. The Morgan fingerprint density at radius 2 is 0.465 bits per heavy atom. The van der Waals surface area contributed by atoms with Gasteiger partial charge in [-0.15, -0.1) is 0 Å². The Hall–Kier alpha value is -14.8. The van der Waals surface area contributed by atoms with Crippen molar-refractivity contribution in [2.24, 2.45) is 0 Å². The van der Waals surface area contributed by atoms with Crippen LogP contribution in [0.25, 0.3) is 218 Å². The minimum atomic E-state index is -0.879. The first-order chi connectivity index (χ1) is 79.0. The van der Waals surface area contributed by atoms with Crippen molar-refractivity contribution in [2.45, 2.75) is 0 Å². The Bertz CT molecular complexity index is 10900. The van der Waals surface area contributed by atoms with Gasteiger partial charge in [-0.05, 0) is 236 Å². The van der Waals surface area contributed by atoms with Crippen molar-refractivity contribution in [3.8, 4) is 89.0 Å². The zero-order valence-electron chi connectivity index (χ0n) is 113. The molecule has 0 heterocycles. The number of rotatable bonds is 8. The molecule has 23 rings (SSSR count). The lowest BCUT2D eigenvalue weighted by Crippen LogP contribution is -1.92. The monoisotopic (exact) mass is 1500 g/mol. The van der Waals surface area contributed by atoms with Crippen LogP contribution in [0.1, 0.15) is 74.0 Å². The van der Waals surface area contributed by atoms with Crippen LogP contribution in [0.5, 0.6) is 0 Å². The standard InChI is InChI=1S/2C40H26.C34H22/c1-3-18-31-27(12-1)14-10-24-33(31)29-16-9-17-30(26-29)39-35-20-5-7-22-37(35)40(38-23-8-6-21-36(38)39)34-25-11-15-28-13-2-4-19-32(28)34;1-2-12-31-26-32(25-22-27(31)10-1)28-20-23-30(24-21-28)39-35-15-5-7-17-37(35)40(38-18-8-6-16-36(38)39)34-19-9-13-29-11-3-4-14-33(29)34;1-2-12-25-22-26(21-20-23(25)10-1)33-29-15-5-7-17-31(29)34(32-18-8-6-16-30(32)33)28-19-9-13-24-11-3-4-14-27(24)28/h2*1-26H;1-22H/i2D,4D,5D,6D,7D,8D,9D,11D,13D,15D,16D,17D,19D,20D,21D,22D,23D,25D,26D;3D,4D,5D,6D,7D,8D,9D,11D,13D,15D,16D,17D,18D,19D;1D,2D,3D,4D,5D,6D,7D,8D,9D,10D,11D,12D,13D,15D,16D,17D,18D,19D,20D,21D,22D. The van der Waals surface area contributed by atoms with Gasteiger partial charge in [-0.3, -0.25) is 0 Å². The van der Waals surface area contributed by atoms with Crippen molar-refractivity contribution in [1.82, 2.24) is 0 Å². The summed E-state index contributed by atoms with van der Waals surface area (Å²) in [4.78, 5) is 0. The van der Waals surface area contributed by atoms with E-state index in [4.69, 9.17) is 52.1 Å². The molecule has 0 N–H and O–H groups in total. The number of fused-ring (bicyclic) bond motifs is 12. The molecule has 0 aliphatic heterocycles. The molecule has 0 heteroatoms. The summed E-state index contributed by atoms with van der Waals surface area (Å²) in [5.41, 5.74) is -2.44. The van der Waals surface area contributed by atoms with Crippen LogP contribution in [0, 0.1) is 0 Å². The summed E-state index contributed by atoms with van der Waals surface area (Å²) >= 11 is 0. The van der Waals surface area contributed by atoms with E-state index in [1.54, 1.807) is 54.6 Å². The van der Waals surface area contributed by atoms with Crippen molar-refractivity contribution in [2.75, 3.05) is 0 Å². The average molecular weight is 1500 g/mol. The van der Waals surface area contributed by atoms with Gasteiger partial charge < -0.3 is 0 Å². The molecule has 0 saturated heterocycles. The van der Waals surface area contributed by atoms with Crippen LogP contribution in [0.2, 0.25) is 0 Å². The molecule has 0 radical (unpaired) electrons. The van der Waals surface area contributed by atoms with Crippen molar-refractivity contribution < 1.29 is 74.0 Å². The average Bonchev–Trinajstić information content (AvgIpc) is 0.689. The molecule has 0 aromatic heterocycles. The fourth-order valence-corrected chi connectivity index (χ4v) is 14.7. The second-order valence-corrected chi connectivity index (χ2v) is 25.8. The molecule has 0 fully saturated rings. The Morgan fingerprint density at radius 3 is 0.974 bits per heavy atom. The molecule has 23 aromatic rings. The van der Waals surface area contributed by atoms with E-state index >= 15 is 0 Å². The minimum absolute atomic E-state index is 0.0997. The third kappa shape index (κ3) is 11.9. The summed E-state index contributed by atoms with van der Waals surface area (Å²) in [6, 6.07) is -4.32. The molecule has 23 aromatic carbocycles. The highest BCUT2D eigenvalue weighted by Crippen LogP contribution is 2.50. The van der Waals surface area contributed by atoms with Crippen molar-refractivity contribution in [1.29, 1.82) is 0 Å². The summed E-state index contributed by atoms with van der Waals surface area (Å²) in [5, 5.41) is -4.79. The topological polar surface area (TPSA) is 0 Å². The predicted octanol–water partition coefficient (Wildman–Crippen LogP) is 32.2. The van der Waals surface area contributed by atoms with E-state index in [0.717, 1.165) is 34.0 Å². The van der Waals surface area contributed by atoms with Gasteiger partial charge in [0.2, 0.25) is 0 Å². The lowest BCUT2D eigenvalue weighted by Gasteiger charge is -2.19. The predicted molar refractivity (Wildman–Crippen MR) is 493 cm³/mol. The highest BCUT2D eigenvalue weighted by Gasteiger charge is 2.23. The van der Waals surface area contributed by atoms with Gasteiger partial charge >= 0.3 is 0 Å². The molecule has 114 heavy (non-hydrogen) atoms. The number of hydrogen-bond acceptors (Lipinski definition) is 0. The second-order valence-electron chi connectivity index (χ2n) is 25.8. The molecular formula is C114H74. The molecule has 0 saturated carbocycles. The fourth-order valence-electron chi connectivity index (χ4n) is 14.7. The van der Waals surface area contributed by atoms with Crippen LogP contribution < -0.4 is 0 Å². The van der Waals surface area contributed by atoms with E-state index in [9.17, 15) is 21.9 Å². The van der Waals surface area contributed by atoms with Crippen molar-refractivity contribution >= 4 is 129 Å². The molecule has 0 spiro atoms. The van der Waals surface area contributed by atoms with Crippen LogP contribution in [-0.2, 0) is 0 Å². The van der Waals surface area contributed by atoms with Crippen LogP contribution >= 0.6 is 0 Å². The molecule has 0 atom stereocenters. The summed E-state index contributed by atoms with van der Waals surface area (Å²) in [6.45, 7) is 0. The molecule has 0 aliphatic carbocycles. The van der Waals surface area contributed by atoms with E-state index < -0.39 is 441 Å². The zero-order valence-corrected chi connectivity index (χ0v) is 58.5. The first-order valence-electron chi connectivity index (χ1n) is 62.1. The molecule has 0 nitrogen and oxygen atoms in total. The van der Waals surface area contributed by atoms with Crippen molar-refractivity contribution in [3.05, 3.63) is 448 Å². The second kappa shape index (κ2) is 28.9. The van der Waals surface area contributed by atoms with Gasteiger partial charge in [-0.1, -0.05) is 429 Å². The van der Waals surface area contributed by atoms with E-state index in [0.29, 0.717) is 21.9 Å². The van der Waals surface area contributed by atoms with Crippen LogP contribution in [-0.4, -0.2) is 0 Å². The van der Waals surface area contributed by atoms with E-state index in [2.05, 4.69) is 0 Å². The smallest absolute Gasteiger partial charge is 0.0616 e. The van der Waals surface area contributed by atoms with Gasteiger partial charge in [0, 0.05) is 0 Å². The molecule has 0 amide bonds. The Labute approximate surface area is 738 Å². The van der Waals surface area contributed by atoms with Gasteiger partial charge in [0.25, 0.3) is 0 Å². The van der Waals surface area contributed by atoms with E-state index in [1.807, 2.05) is 54.6 Å². The lowest BCUT2D eigenvalue weighted by molar-refractivity contribution is 1.63. The minimum Gasteiger partial charge on any atom is -0.0616 e. The molecule has 0 unspecified atom stereocenters. The summed E-state index contributed by atoms with van der Waals surface area (Å²) in [7, 11) is 0. The first kappa shape index (κ1) is 31.9. The number of hydrogen-bond donors (Lipinski definition) is 0. The van der Waals surface area contributed by atoms with Crippen LogP contribution in [0.3, 0.4) is 0 Å². The van der Waals surface area contributed by atoms with Crippen molar-refractivity contribution in [3.63, 3.8) is 0 Å². The highest BCUT2D eigenvalue weighted by atomic mass is 14.3. The largest absolute Gasteiger partial charge is 0.0636 e. The van der Waals surface area contributed by atoms with Gasteiger partial charge in [-0.25, -0.2) is 0 Å². The molecular weight excluding hydrogens is 1370 g/mol. The van der Waals surface area contributed by atoms with Crippen LogP contribution in [0.15, 0.2) is 448 Å². The first-order valence-corrected chi connectivity index (χ1v) is 35.1. The summed E-state index contributed by atoms with van der Waals surface area (Å²) in [6.07, 6.45) is 0.